The average molecular weight is 284 g/mol. The second-order valence-electron chi connectivity index (χ2n) is 4.72. The van der Waals surface area contributed by atoms with E-state index in [2.05, 4.69) is 5.32 Å². The second-order valence-corrected chi connectivity index (χ2v) is 4.72. The van der Waals surface area contributed by atoms with E-state index in [4.69, 9.17) is 26.2 Å². The molecule has 1 aromatic carbocycles. The molecule has 1 rings (SSSR count). The van der Waals surface area contributed by atoms with Crippen molar-refractivity contribution < 1.29 is 25.2 Å². The van der Waals surface area contributed by atoms with Gasteiger partial charge in [0.1, 0.15) is 11.3 Å². The third-order valence-electron chi connectivity index (χ3n) is 3.03. The van der Waals surface area contributed by atoms with E-state index < -0.39 is 37.3 Å². The summed E-state index contributed by atoms with van der Waals surface area (Å²) < 4.78 is 0. The zero-order chi connectivity index (χ0) is 15.2. The van der Waals surface area contributed by atoms with Crippen LogP contribution in [0.4, 0.5) is 0 Å². The fraction of sp³-hybridized carbons (Fsp3) is 0.462. The van der Waals surface area contributed by atoms with Crippen molar-refractivity contribution in [3.8, 4) is 5.75 Å². The zero-order valence-electron chi connectivity index (χ0n) is 11.0. The Morgan fingerprint density at radius 3 is 2.10 bits per heavy atom. The van der Waals surface area contributed by atoms with Crippen LogP contribution < -0.4 is 11.1 Å². The summed E-state index contributed by atoms with van der Waals surface area (Å²) in [5.41, 5.74) is 5.01. The highest BCUT2D eigenvalue weighted by Gasteiger charge is 2.31. The molecule has 0 bridgehead atoms. The summed E-state index contributed by atoms with van der Waals surface area (Å²) in [6.07, 6.45) is 0.227. The molecule has 1 aromatic rings. The number of aliphatic hydroxyl groups is 3. The van der Waals surface area contributed by atoms with Crippen molar-refractivity contribution in [1.29, 1.82) is 0 Å². The summed E-state index contributed by atoms with van der Waals surface area (Å²) in [7, 11) is 0. The standard InChI is InChI=1S/C13H20N2O5/c14-11(5-9-1-3-10(19)4-2-9)12(20)15-13(6-16,7-17)8-18/h1-4,11,16-19H,5-8,14H2,(H,15,20). The summed E-state index contributed by atoms with van der Waals surface area (Å²) in [6.45, 7) is -1.80. The largest absolute Gasteiger partial charge is 0.508 e. The smallest absolute Gasteiger partial charge is 0.237 e. The van der Waals surface area contributed by atoms with Crippen molar-refractivity contribution in [1.82, 2.24) is 5.32 Å². The van der Waals surface area contributed by atoms with Crippen molar-refractivity contribution in [2.24, 2.45) is 5.73 Å². The summed E-state index contributed by atoms with van der Waals surface area (Å²) >= 11 is 0. The van der Waals surface area contributed by atoms with Crippen molar-refractivity contribution in [3.63, 3.8) is 0 Å². The number of aromatic hydroxyl groups is 1. The first kappa shape index (κ1) is 16.4. The Morgan fingerprint density at radius 2 is 1.65 bits per heavy atom. The maximum Gasteiger partial charge on any atom is 0.237 e. The Hall–Kier alpha value is -1.67. The highest BCUT2D eigenvalue weighted by molar-refractivity contribution is 5.82. The number of carbonyl (C=O) groups excluding carboxylic acids is 1. The SMILES string of the molecule is NC(Cc1ccc(O)cc1)C(=O)NC(CO)(CO)CO. The number of hydrogen-bond acceptors (Lipinski definition) is 6. The van der Waals surface area contributed by atoms with Gasteiger partial charge in [0.05, 0.1) is 25.9 Å². The third kappa shape index (κ3) is 4.17. The predicted molar refractivity (Wildman–Crippen MR) is 71.9 cm³/mol. The molecule has 20 heavy (non-hydrogen) atoms. The van der Waals surface area contributed by atoms with Gasteiger partial charge in [-0.15, -0.1) is 0 Å². The molecule has 7 heteroatoms. The van der Waals surface area contributed by atoms with Gasteiger partial charge >= 0.3 is 0 Å². The van der Waals surface area contributed by atoms with Gasteiger partial charge in [0, 0.05) is 0 Å². The van der Waals surface area contributed by atoms with Crippen LogP contribution in [0.5, 0.6) is 5.75 Å². The van der Waals surface area contributed by atoms with E-state index in [9.17, 15) is 4.79 Å². The molecule has 7 N–H and O–H groups in total. The normalized spacial score (nSPS) is 13.0. The van der Waals surface area contributed by atoms with Crippen LogP contribution in [-0.2, 0) is 11.2 Å². The van der Waals surface area contributed by atoms with Gasteiger partial charge in [-0.1, -0.05) is 12.1 Å². The number of nitrogens with one attached hydrogen (secondary N) is 1. The highest BCUT2D eigenvalue weighted by atomic mass is 16.3. The lowest BCUT2D eigenvalue weighted by Crippen LogP contribution is -2.60. The topological polar surface area (TPSA) is 136 Å². The van der Waals surface area contributed by atoms with Gasteiger partial charge in [-0.3, -0.25) is 4.79 Å². The number of benzene rings is 1. The van der Waals surface area contributed by atoms with E-state index in [1.54, 1.807) is 12.1 Å². The van der Waals surface area contributed by atoms with E-state index in [1.165, 1.54) is 12.1 Å². The predicted octanol–water partition coefficient (Wildman–Crippen LogP) is -1.91. The van der Waals surface area contributed by atoms with Crippen molar-refractivity contribution >= 4 is 5.91 Å². The van der Waals surface area contributed by atoms with Gasteiger partial charge in [0.2, 0.25) is 5.91 Å². The first-order valence-electron chi connectivity index (χ1n) is 6.14. The minimum absolute atomic E-state index is 0.117. The summed E-state index contributed by atoms with van der Waals surface area (Å²) in [5, 5.41) is 38.9. The highest BCUT2D eigenvalue weighted by Crippen LogP contribution is 2.11. The summed E-state index contributed by atoms with van der Waals surface area (Å²) in [6, 6.07) is 5.35. The minimum Gasteiger partial charge on any atom is -0.508 e. The molecule has 1 amide bonds. The summed E-state index contributed by atoms with van der Waals surface area (Å²) in [5.74, 6) is -0.471. The molecule has 0 fully saturated rings. The average Bonchev–Trinajstić information content (AvgIpc) is 2.47. The van der Waals surface area contributed by atoms with Crippen LogP contribution in [0.25, 0.3) is 0 Å². The number of nitrogens with two attached hydrogens (primary N) is 1. The maximum atomic E-state index is 11.9. The molecule has 0 aromatic heterocycles. The van der Waals surface area contributed by atoms with Crippen LogP contribution in [-0.4, -0.2) is 57.7 Å². The Labute approximate surface area is 116 Å². The maximum absolute atomic E-state index is 11.9. The van der Waals surface area contributed by atoms with E-state index in [0.29, 0.717) is 0 Å². The monoisotopic (exact) mass is 284 g/mol. The molecular formula is C13H20N2O5. The van der Waals surface area contributed by atoms with E-state index in [1.807, 2.05) is 0 Å². The molecule has 0 saturated carbocycles. The number of aliphatic hydroxyl groups excluding tert-OH is 3. The second kappa shape index (κ2) is 7.20. The molecule has 1 atom stereocenters. The van der Waals surface area contributed by atoms with Gasteiger partial charge in [-0.2, -0.15) is 0 Å². The Morgan fingerprint density at radius 1 is 1.15 bits per heavy atom. The van der Waals surface area contributed by atoms with E-state index >= 15 is 0 Å². The molecule has 0 heterocycles. The van der Waals surface area contributed by atoms with Crippen LogP contribution in [0.3, 0.4) is 0 Å². The number of amides is 1. The molecule has 0 radical (unpaired) electrons. The first-order valence-corrected chi connectivity index (χ1v) is 6.14. The molecule has 0 saturated heterocycles. The lowest BCUT2D eigenvalue weighted by molar-refractivity contribution is -0.126. The fourth-order valence-corrected chi connectivity index (χ4v) is 1.60. The number of hydrogen-bond donors (Lipinski definition) is 6. The number of phenolic OH excluding ortho intramolecular Hbond substituents is 1. The van der Waals surface area contributed by atoms with Gasteiger partial charge in [0.15, 0.2) is 0 Å². The number of rotatable bonds is 7. The third-order valence-corrected chi connectivity index (χ3v) is 3.03. The molecule has 0 aliphatic rings. The van der Waals surface area contributed by atoms with Crippen LogP contribution >= 0.6 is 0 Å². The van der Waals surface area contributed by atoms with Crippen LogP contribution in [0, 0.1) is 0 Å². The van der Waals surface area contributed by atoms with Crippen molar-refractivity contribution in [3.05, 3.63) is 29.8 Å². The number of carbonyl (C=O) groups is 1. The van der Waals surface area contributed by atoms with E-state index in [-0.39, 0.29) is 12.2 Å². The Bertz CT molecular complexity index is 423. The Balaban J connectivity index is 2.65. The van der Waals surface area contributed by atoms with Crippen LogP contribution in [0.1, 0.15) is 5.56 Å². The number of phenols is 1. The van der Waals surface area contributed by atoms with Crippen molar-refractivity contribution in [2.75, 3.05) is 19.8 Å². The molecule has 112 valence electrons. The van der Waals surface area contributed by atoms with Crippen LogP contribution in [0.2, 0.25) is 0 Å². The lowest BCUT2D eigenvalue weighted by atomic mass is 10.0. The summed E-state index contributed by atoms with van der Waals surface area (Å²) in [4.78, 5) is 11.9. The molecule has 7 nitrogen and oxygen atoms in total. The fourth-order valence-electron chi connectivity index (χ4n) is 1.60. The quantitative estimate of drug-likeness (QED) is 0.346. The van der Waals surface area contributed by atoms with Gasteiger partial charge in [-0.25, -0.2) is 0 Å². The van der Waals surface area contributed by atoms with E-state index in [0.717, 1.165) is 5.56 Å². The molecule has 1 unspecified atom stereocenters. The van der Waals surface area contributed by atoms with Gasteiger partial charge in [0.25, 0.3) is 0 Å². The molecule has 0 spiro atoms. The lowest BCUT2D eigenvalue weighted by Gasteiger charge is -2.30. The molecular weight excluding hydrogens is 264 g/mol. The molecule has 0 aliphatic heterocycles. The van der Waals surface area contributed by atoms with Gasteiger partial charge < -0.3 is 31.5 Å². The molecule has 0 aliphatic carbocycles. The van der Waals surface area contributed by atoms with Gasteiger partial charge in [-0.05, 0) is 24.1 Å². The van der Waals surface area contributed by atoms with Crippen molar-refractivity contribution in [2.45, 2.75) is 18.0 Å². The Kier molecular flexibility index (Phi) is 5.90. The van der Waals surface area contributed by atoms with Crippen LogP contribution in [0.15, 0.2) is 24.3 Å². The minimum atomic E-state index is -1.48. The zero-order valence-corrected chi connectivity index (χ0v) is 11.0. The first-order chi connectivity index (χ1) is 9.46.